The molecule has 0 saturated heterocycles. The van der Waals surface area contributed by atoms with Crippen molar-refractivity contribution in [3.63, 3.8) is 0 Å². The van der Waals surface area contributed by atoms with Crippen molar-refractivity contribution >= 4 is 33.7 Å². The Balaban J connectivity index is 2.29. The molecule has 156 valence electrons. The lowest BCUT2D eigenvalue weighted by Gasteiger charge is -2.15. The van der Waals surface area contributed by atoms with E-state index >= 15 is 0 Å². The number of carbonyl (C=O) groups excluding carboxylic acids is 1. The van der Waals surface area contributed by atoms with E-state index in [2.05, 4.69) is 15.9 Å². The van der Waals surface area contributed by atoms with Crippen molar-refractivity contribution in [1.29, 1.82) is 5.26 Å². The zero-order valence-electron chi connectivity index (χ0n) is 16.4. The van der Waals surface area contributed by atoms with Gasteiger partial charge in [0, 0.05) is 12.1 Å². The molecule has 0 bridgehead atoms. The number of halogens is 1. The zero-order chi connectivity index (χ0) is 22.1. The molecular weight excluding hydrogens is 456 g/mol. The minimum Gasteiger partial charge on any atom is -0.490 e. The number of rotatable bonds is 9. The second-order valence-electron chi connectivity index (χ2n) is 5.87. The number of esters is 1. The highest BCUT2D eigenvalue weighted by Gasteiger charge is 2.15. The van der Waals surface area contributed by atoms with Crippen LogP contribution in [0.25, 0.3) is 6.08 Å². The average Bonchev–Trinajstić information content (AvgIpc) is 2.72. The molecule has 0 aliphatic rings. The summed E-state index contributed by atoms with van der Waals surface area (Å²) < 4.78 is 16.9. The molecule has 2 aromatic rings. The van der Waals surface area contributed by atoms with Gasteiger partial charge in [0.25, 0.3) is 5.69 Å². The van der Waals surface area contributed by atoms with Crippen LogP contribution in [0.3, 0.4) is 0 Å². The van der Waals surface area contributed by atoms with E-state index in [9.17, 15) is 20.2 Å². The number of nitrogens with zero attached hydrogens (tertiary/aromatic N) is 2. The molecule has 0 saturated carbocycles. The third kappa shape index (κ3) is 6.06. The lowest BCUT2D eigenvalue weighted by atomic mass is 10.1. The third-order valence-corrected chi connectivity index (χ3v) is 4.38. The van der Waals surface area contributed by atoms with E-state index in [0.29, 0.717) is 28.1 Å². The summed E-state index contributed by atoms with van der Waals surface area (Å²) in [4.78, 5) is 22.1. The average molecular weight is 475 g/mol. The molecule has 2 aromatic carbocycles. The van der Waals surface area contributed by atoms with E-state index in [-0.39, 0.29) is 24.5 Å². The van der Waals surface area contributed by atoms with Crippen LogP contribution < -0.4 is 9.47 Å². The van der Waals surface area contributed by atoms with Gasteiger partial charge in [-0.15, -0.1) is 0 Å². The van der Waals surface area contributed by atoms with Crippen LogP contribution in [-0.4, -0.2) is 24.1 Å². The van der Waals surface area contributed by atoms with Gasteiger partial charge in [0.2, 0.25) is 0 Å². The minimum absolute atomic E-state index is 0.000901. The summed E-state index contributed by atoms with van der Waals surface area (Å²) in [5, 5.41) is 20.0. The van der Waals surface area contributed by atoms with Gasteiger partial charge >= 0.3 is 5.97 Å². The summed E-state index contributed by atoms with van der Waals surface area (Å²) >= 11 is 3.43. The second kappa shape index (κ2) is 11.0. The molecule has 2 rings (SSSR count). The number of ether oxygens (including phenoxy) is 3. The Morgan fingerprint density at radius 3 is 2.47 bits per heavy atom. The Bertz CT molecular complexity index is 996. The van der Waals surface area contributed by atoms with E-state index < -0.39 is 10.9 Å². The van der Waals surface area contributed by atoms with Gasteiger partial charge in [0.05, 0.1) is 22.6 Å². The molecule has 0 heterocycles. The standard InChI is InChI=1S/C21H19BrN2O6/c1-3-28-19-11-15(9-16(12-23)21(25)29-4-2)10-18(22)20(19)30-13-14-5-7-17(8-6-14)24(26)27/h5-11H,3-4,13H2,1-2H3/b16-9+. The summed E-state index contributed by atoms with van der Waals surface area (Å²) in [5.41, 5.74) is 1.16. The molecule has 0 spiro atoms. The Morgan fingerprint density at radius 1 is 1.20 bits per heavy atom. The quantitative estimate of drug-likeness (QED) is 0.168. The Labute approximate surface area is 181 Å². The van der Waals surface area contributed by atoms with Crippen molar-refractivity contribution in [2.24, 2.45) is 0 Å². The smallest absolute Gasteiger partial charge is 0.348 e. The largest absolute Gasteiger partial charge is 0.490 e. The number of hydrogen-bond donors (Lipinski definition) is 0. The highest BCUT2D eigenvalue weighted by molar-refractivity contribution is 9.10. The monoisotopic (exact) mass is 474 g/mol. The van der Waals surface area contributed by atoms with Crippen LogP contribution in [0.4, 0.5) is 5.69 Å². The van der Waals surface area contributed by atoms with Gasteiger partial charge in [-0.05, 0) is 71.2 Å². The predicted octanol–water partition coefficient (Wildman–Crippen LogP) is 4.81. The van der Waals surface area contributed by atoms with Gasteiger partial charge < -0.3 is 14.2 Å². The molecule has 0 amide bonds. The first kappa shape index (κ1) is 22.9. The maximum atomic E-state index is 11.8. The normalized spacial score (nSPS) is 10.8. The first-order valence-electron chi connectivity index (χ1n) is 9.01. The minimum atomic E-state index is -0.701. The molecule has 0 unspecified atom stereocenters. The number of nitro benzene ring substituents is 1. The fourth-order valence-corrected chi connectivity index (χ4v) is 3.03. The lowest BCUT2D eigenvalue weighted by molar-refractivity contribution is -0.384. The summed E-state index contributed by atoms with van der Waals surface area (Å²) in [7, 11) is 0. The van der Waals surface area contributed by atoms with Crippen LogP contribution in [0.5, 0.6) is 11.5 Å². The lowest BCUT2D eigenvalue weighted by Crippen LogP contribution is -2.06. The summed E-state index contributed by atoms with van der Waals surface area (Å²) in [6.07, 6.45) is 1.41. The van der Waals surface area contributed by atoms with Crippen LogP contribution in [0.2, 0.25) is 0 Å². The van der Waals surface area contributed by atoms with Crippen LogP contribution >= 0.6 is 15.9 Å². The van der Waals surface area contributed by atoms with Gasteiger partial charge in [-0.1, -0.05) is 0 Å². The van der Waals surface area contributed by atoms with Gasteiger partial charge in [-0.2, -0.15) is 5.26 Å². The molecule has 0 N–H and O–H groups in total. The molecule has 8 nitrogen and oxygen atoms in total. The maximum absolute atomic E-state index is 11.8. The predicted molar refractivity (Wildman–Crippen MR) is 113 cm³/mol. The highest BCUT2D eigenvalue weighted by atomic mass is 79.9. The van der Waals surface area contributed by atoms with Crippen LogP contribution in [0, 0.1) is 21.4 Å². The van der Waals surface area contributed by atoms with E-state index in [0.717, 1.165) is 5.56 Å². The topological polar surface area (TPSA) is 112 Å². The highest BCUT2D eigenvalue weighted by Crippen LogP contribution is 2.38. The number of nitriles is 1. The molecule has 0 aromatic heterocycles. The summed E-state index contributed by atoms with van der Waals surface area (Å²) in [6.45, 7) is 4.18. The maximum Gasteiger partial charge on any atom is 0.348 e. The number of carbonyl (C=O) groups is 1. The second-order valence-corrected chi connectivity index (χ2v) is 6.72. The van der Waals surface area contributed by atoms with Crippen molar-refractivity contribution in [2.45, 2.75) is 20.5 Å². The van der Waals surface area contributed by atoms with Crippen LogP contribution in [-0.2, 0) is 16.1 Å². The Kier molecular flexibility index (Phi) is 8.38. The molecule has 0 atom stereocenters. The Hall–Kier alpha value is -3.38. The van der Waals surface area contributed by atoms with E-state index in [1.54, 1.807) is 31.2 Å². The van der Waals surface area contributed by atoms with Gasteiger partial charge in [0.15, 0.2) is 11.5 Å². The summed E-state index contributed by atoms with van der Waals surface area (Å²) in [5.74, 6) is 0.149. The van der Waals surface area contributed by atoms with Gasteiger partial charge in [-0.3, -0.25) is 10.1 Å². The first-order chi connectivity index (χ1) is 14.4. The van der Waals surface area contributed by atoms with E-state index in [1.807, 2.05) is 13.0 Å². The fourth-order valence-electron chi connectivity index (χ4n) is 2.46. The molecule has 0 aliphatic carbocycles. The molecular formula is C21H19BrN2O6. The molecule has 0 fully saturated rings. The first-order valence-corrected chi connectivity index (χ1v) is 9.80. The zero-order valence-corrected chi connectivity index (χ0v) is 18.0. The fraction of sp³-hybridized carbons (Fsp3) is 0.238. The number of benzene rings is 2. The van der Waals surface area contributed by atoms with Gasteiger partial charge in [0.1, 0.15) is 18.2 Å². The SMILES string of the molecule is CCOC(=O)/C(C#N)=C/c1cc(Br)c(OCc2ccc([N+](=O)[O-])cc2)c(OCC)c1. The summed E-state index contributed by atoms with van der Waals surface area (Å²) in [6, 6.07) is 11.2. The Morgan fingerprint density at radius 2 is 1.90 bits per heavy atom. The van der Waals surface area contributed by atoms with Crippen molar-refractivity contribution < 1.29 is 23.9 Å². The molecule has 30 heavy (non-hydrogen) atoms. The van der Waals surface area contributed by atoms with Gasteiger partial charge in [-0.25, -0.2) is 4.79 Å². The third-order valence-electron chi connectivity index (χ3n) is 3.79. The van der Waals surface area contributed by atoms with Crippen LogP contribution in [0.1, 0.15) is 25.0 Å². The van der Waals surface area contributed by atoms with E-state index in [4.69, 9.17) is 14.2 Å². The van der Waals surface area contributed by atoms with Crippen molar-refractivity contribution in [1.82, 2.24) is 0 Å². The number of hydrogen-bond acceptors (Lipinski definition) is 7. The van der Waals surface area contributed by atoms with Crippen molar-refractivity contribution in [3.05, 3.63) is 67.7 Å². The molecule has 9 heteroatoms. The molecule has 0 aliphatic heterocycles. The van der Waals surface area contributed by atoms with Crippen molar-refractivity contribution in [3.8, 4) is 17.6 Å². The number of nitro groups is 1. The number of non-ortho nitro benzene ring substituents is 1. The molecule has 0 radical (unpaired) electrons. The van der Waals surface area contributed by atoms with Crippen molar-refractivity contribution in [2.75, 3.05) is 13.2 Å². The van der Waals surface area contributed by atoms with Crippen LogP contribution in [0.15, 0.2) is 46.4 Å². The van der Waals surface area contributed by atoms with E-state index in [1.165, 1.54) is 18.2 Å².